The lowest BCUT2D eigenvalue weighted by molar-refractivity contribution is 0.0951. The molecule has 0 aliphatic carbocycles. The maximum Gasteiger partial charge on any atom is 0.251 e. The third-order valence-corrected chi connectivity index (χ3v) is 8.16. The van der Waals surface area contributed by atoms with Crippen molar-refractivity contribution in [3.63, 3.8) is 0 Å². The summed E-state index contributed by atoms with van der Waals surface area (Å²) in [6.07, 6.45) is 3.67. The molecule has 3 aromatic carbocycles. The highest BCUT2D eigenvalue weighted by Gasteiger charge is 2.21. The van der Waals surface area contributed by atoms with Gasteiger partial charge < -0.3 is 5.32 Å². The van der Waals surface area contributed by atoms with E-state index in [9.17, 15) is 13.2 Å². The maximum atomic E-state index is 12.7. The SMILES string of the molecule is CS(=O)(=O)N(Cc1ccc(C(=O)NCc2ccc(CN3CCCC3)cc2)cc1)c1cccc(Cl)c1Cl. The summed E-state index contributed by atoms with van der Waals surface area (Å²) in [4.78, 5) is 15.1. The monoisotopic (exact) mass is 545 g/mol. The number of carbonyl (C=O) groups is 1. The summed E-state index contributed by atoms with van der Waals surface area (Å²) >= 11 is 12.3. The number of carbonyl (C=O) groups excluding carboxylic acids is 1. The van der Waals surface area contributed by atoms with Crippen LogP contribution in [0.3, 0.4) is 0 Å². The van der Waals surface area contributed by atoms with Gasteiger partial charge in [-0.3, -0.25) is 14.0 Å². The van der Waals surface area contributed by atoms with Gasteiger partial charge in [0, 0.05) is 18.7 Å². The van der Waals surface area contributed by atoms with Gasteiger partial charge in [-0.25, -0.2) is 8.42 Å². The van der Waals surface area contributed by atoms with E-state index in [4.69, 9.17) is 23.2 Å². The molecule has 0 atom stereocenters. The summed E-state index contributed by atoms with van der Waals surface area (Å²) in [5, 5.41) is 3.39. The fraction of sp³-hybridized carbons (Fsp3) is 0.296. The van der Waals surface area contributed by atoms with E-state index in [1.165, 1.54) is 22.7 Å². The van der Waals surface area contributed by atoms with Gasteiger partial charge in [-0.2, -0.15) is 0 Å². The molecule has 1 fully saturated rings. The largest absolute Gasteiger partial charge is 0.348 e. The molecule has 0 spiro atoms. The fourth-order valence-corrected chi connectivity index (χ4v) is 5.58. The van der Waals surface area contributed by atoms with E-state index in [1.807, 2.05) is 0 Å². The minimum Gasteiger partial charge on any atom is -0.348 e. The first kappa shape index (κ1) is 26.5. The second-order valence-electron chi connectivity index (χ2n) is 9.02. The first-order valence-corrected chi connectivity index (χ1v) is 14.4. The molecule has 1 heterocycles. The molecule has 1 aliphatic rings. The van der Waals surface area contributed by atoms with Crippen molar-refractivity contribution >= 4 is 44.8 Å². The summed E-state index contributed by atoms with van der Waals surface area (Å²) < 4.78 is 26.1. The lowest BCUT2D eigenvalue weighted by Crippen LogP contribution is -2.29. The summed E-state index contributed by atoms with van der Waals surface area (Å²) in [6.45, 7) is 3.79. The molecule has 6 nitrogen and oxygen atoms in total. The second-order valence-corrected chi connectivity index (χ2v) is 11.7. The molecule has 1 amide bonds. The molecule has 0 aromatic heterocycles. The zero-order valence-corrected chi connectivity index (χ0v) is 22.4. The van der Waals surface area contributed by atoms with Crippen molar-refractivity contribution in [1.82, 2.24) is 10.2 Å². The molecular weight excluding hydrogens is 517 g/mol. The molecule has 0 bridgehead atoms. The first-order valence-electron chi connectivity index (χ1n) is 11.8. The molecule has 4 rings (SSSR count). The van der Waals surface area contributed by atoms with Crippen LogP contribution < -0.4 is 9.62 Å². The van der Waals surface area contributed by atoms with Crippen LogP contribution in [0.5, 0.6) is 0 Å². The fourth-order valence-electron chi connectivity index (χ4n) is 4.24. The number of rotatable bonds is 9. The van der Waals surface area contributed by atoms with Crippen LogP contribution in [0.1, 0.15) is 39.9 Å². The Morgan fingerprint density at radius 1 is 0.917 bits per heavy atom. The summed E-state index contributed by atoms with van der Waals surface area (Å²) in [5.41, 5.74) is 3.83. The Morgan fingerprint density at radius 3 is 2.17 bits per heavy atom. The Hall–Kier alpha value is -2.58. The van der Waals surface area contributed by atoms with Crippen LogP contribution in [0.15, 0.2) is 66.7 Å². The zero-order valence-electron chi connectivity index (χ0n) is 20.1. The second kappa shape index (κ2) is 11.6. The van der Waals surface area contributed by atoms with Crippen LogP contribution in [-0.4, -0.2) is 38.6 Å². The number of halogens is 2. The average Bonchev–Trinajstić information content (AvgIpc) is 3.37. The van der Waals surface area contributed by atoms with Crippen LogP contribution in [0, 0.1) is 0 Å². The normalized spacial score (nSPS) is 14.1. The number of nitrogens with one attached hydrogen (secondary N) is 1. The van der Waals surface area contributed by atoms with Gasteiger partial charge in [0.15, 0.2) is 0 Å². The van der Waals surface area contributed by atoms with Crippen LogP contribution in [0.4, 0.5) is 5.69 Å². The Morgan fingerprint density at radius 2 is 1.53 bits per heavy atom. The van der Waals surface area contributed by atoms with Crippen molar-refractivity contribution < 1.29 is 13.2 Å². The predicted octanol–water partition coefficient (Wildman–Crippen LogP) is 5.49. The Labute approximate surface area is 222 Å². The number of amides is 1. The van der Waals surface area contributed by atoms with E-state index in [1.54, 1.807) is 42.5 Å². The van der Waals surface area contributed by atoms with Crippen LogP contribution in [-0.2, 0) is 29.7 Å². The van der Waals surface area contributed by atoms with Crippen LogP contribution in [0.2, 0.25) is 10.0 Å². The van der Waals surface area contributed by atoms with E-state index in [2.05, 4.69) is 34.5 Å². The molecule has 9 heteroatoms. The van der Waals surface area contributed by atoms with Gasteiger partial charge in [-0.1, -0.05) is 65.7 Å². The zero-order chi connectivity index (χ0) is 25.7. The lowest BCUT2D eigenvalue weighted by atomic mass is 10.1. The van der Waals surface area contributed by atoms with Crippen molar-refractivity contribution in [3.05, 3.63) is 99.0 Å². The number of likely N-dealkylation sites (tertiary alicyclic amines) is 1. The van der Waals surface area contributed by atoms with Crippen molar-refractivity contribution in [3.8, 4) is 0 Å². The molecule has 190 valence electrons. The number of hydrogen-bond acceptors (Lipinski definition) is 4. The minimum absolute atomic E-state index is 0.0601. The van der Waals surface area contributed by atoms with Crippen molar-refractivity contribution in [2.75, 3.05) is 23.7 Å². The Kier molecular flexibility index (Phi) is 8.57. The quantitative estimate of drug-likeness (QED) is 0.386. The molecule has 0 unspecified atom stereocenters. The Balaban J connectivity index is 1.36. The molecule has 36 heavy (non-hydrogen) atoms. The summed E-state index contributed by atoms with van der Waals surface area (Å²) in [5.74, 6) is -0.194. The Bertz CT molecular complexity index is 1310. The molecular formula is C27H29Cl2N3O3S. The predicted molar refractivity (Wildman–Crippen MR) is 146 cm³/mol. The van der Waals surface area contributed by atoms with E-state index in [0.717, 1.165) is 31.5 Å². The highest BCUT2D eigenvalue weighted by atomic mass is 35.5. The van der Waals surface area contributed by atoms with Crippen molar-refractivity contribution in [2.45, 2.75) is 32.5 Å². The smallest absolute Gasteiger partial charge is 0.251 e. The third-order valence-electron chi connectivity index (χ3n) is 6.22. The standard InChI is InChI=1S/C27H29Cl2N3O3S/c1-36(34,35)32(25-6-4-5-24(28)26(25)29)19-22-11-13-23(14-12-22)27(33)30-17-20-7-9-21(10-8-20)18-31-15-2-3-16-31/h4-14H,2-3,15-19H2,1H3,(H,30,33). The maximum absolute atomic E-state index is 12.7. The number of nitrogens with zero attached hydrogens (tertiary/aromatic N) is 2. The number of anilines is 1. The van der Waals surface area contributed by atoms with Crippen LogP contribution >= 0.6 is 23.2 Å². The first-order chi connectivity index (χ1) is 17.2. The molecule has 1 N–H and O–H groups in total. The van der Waals surface area contributed by atoms with Crippen molar-refractivity contribution in [2.24, 2.45) is 0 Å². The van der Waals surface area contributed by atoms with E-state index >= 15 is 0 Å². The van der Waals surface area contributed by atoms with Gasteiger partial charge in [0.05, 0.1) is 28.5 Å². The highest BCUT2D eigenvalue weighted by molar-refractivity contribution is 7.92. The third kappa shape index (κ3) is 6.79. The number of benzene rings is 3. The molecule has 3 aromatic rings. The number of hydrogen-bond donors (Lipinski definition) is 1. The van der Waals surface area contributed by atoms with Gasteiger partial charge in [0.2, 0.25) is 10.0 Å². The minimum atomic E-state index is -3.62. The van der Waals surface area contributed by atoms with Gasteiger partial charge in [-0.15, -0.1) is 0 Å². The molecule has 0 saturated carbocycles. The molecule has 1 saturated heterocycles. The van der Waals surface area contributed by atoms with Crippen LogP contribution in [0.25, 0.3) is 0 Å². The highest BCUT2D eigenvalue weighted by Crippen LogP contribution is 2.34. The topological polar surface area (TPSA) is 69.7 Å². The summed E-state index contributed by atoms with van der Waals surface area (Å²) in [6, 6.07) is 20.0. The van der Waals surface area contributed by atoms with Gasteiger partial charge in [0.25, 0.3) is 5.91 Å². The molecule has 1 aliphatic heterocycles. The average molecular weight is 547 g/mol. The van der Waals surface area contributed by atoms with E-state index in [0.29, 0.717) is 23.4 Å². The van der Waals surface area contributed by atoms with Gasteiger partial charge in [0.1, 0.15) is 0 Å². The van der Waals surface area contributed by atoms with E-state index in [-0.39, 0.29) is 22.5 Å². The summed E-state index contributed by atoms with van der Waals surface area (Å²) in [7, 11) is -3.62. The molecule has 0 radical (unpaired) electrons. The van der Waals surface area contributed by atoms with Gasteiger partial charge >= 0.3 is 0 Å². The number of sulfonamides is 1. The van der Waals surface area contributed by atoms with E-state index < -0.39 is 10.0 Å². The lowest BCUT2D eigenvalue weighted by Gasteiger charge is -2.24. The van der Waals surface area contributed by atoms with Crippen molar-refractivity contribution in [1.29, 1.82) is 0 Å². The van der Waals surface area contributed by atoms with Gasteiger partial charge in [-0.05, 0) is 66.9 Å².